The predicted octanol–water partition coefficient (Wildman–Crippen LogP) is 3.54. The maximum atomic E-state index is 2.60. The van der Waals surface area contributed by atoms with Crippen LogP contribution in [0.4, 0.5) is 0 Å². The highest BCUT2D eigenvalue weighted by atomic mass is 15.1. The van der Waals surface area contributed by atoms with Crippen LogP contribution in [-0.2, 0) is 0 Å². The van der Waals surface area contributed by atoms with Crippen LogP contribution < -0.4 is 0 Å². The van der Waals surface area contributed by atoms with E-state index in [4.69, 9.17) is 0 Å². The zero-order valence-corrected chi connectivity index (χ0v) is 9.97. The molecule has 0 unspecified atom stereocenters. The Morgan fingerprint density at radius 3 is 1.85 bits per heavy atom. The maximum absolute atomic E-state index is 2.60. The lowest BCUT2D eigenvalue weighted by atomic mass is 10.1. The summed E-state index contributed by atoms with van der Waals surface area (Å²) in [5.41, 5.74) is 0. The van der Waals surface area contributed by atoms with Gasteiger partial charge in [0.1, 0.15) is 0 Å². The molecule has 0 heterocycles. The van der Waals surface area contributed by atoms with Crippen molar-refractivity contribution in [1.29, 1.82) is 0 Å². The molecule has 0 saturated heterocycles. The highest BCUT2D eigenvalue weighted by Crippen LogP contribution is 2.05. The Morgan fingerprint density at radius 2 is 1.46 bits per heavy atom. The van der Waals surface area contributed by atoms with Crippen molar-refractivity contribution in [3.05, 3.63) is 0 Å². The second kappa shape index (κ2) is 8.55. The summed E-state index contributed by atoms with van der Waals surface area (Å²) in [5.74, 6) is 0.866. The smallest absolute Gasteiger partial charge is 0.00186 e. The largest absolute Gasteiger partial charge is 0.303 e. The van der Waals surface area contributed by atoms with Gasteiger partial charge in [0.15, 0.2) is 0 Å². The Balaban J connectivity index is 3.44. The molecule has 0 aliphatic carbocycles. The third kappa shape index (κ3) is 8.29. The van der Waals surface area contributed by atoms with Crippen LogP contribution >= 0.6 is 0 Å². The molecule has 0 aromatic heterocycles. The van der Waals surface area contributed by atoms with Crippen molar-refractivity contribution < 1.29 is 0 Å². The van der Waals surface area contributed by atoms with E-state index in [0.29, 0.717) is 0 Å². The summed E-state index contributed by atoms with van der Waals surface area (Å²) in [5, 5.41) is 0. The molecule has 0 atom stereocenters. The number of rotatable bonds is 8. The minimum Gasteiger partial charge on any atom is -0.303 e. The topological polar surface area (TPSA) is 3.24 Å². The lowest BCUT2D eigenvalue weighted by molar-refractivity contribution is 0.264. The van der Waals surface area contributed by atoms with Crippen LogP contribution in [0.3, 0.4) is 0 Å². The highest BCUT2D eigenvalue weighted by molar-refractivity contribution is 4.57. The third-order valence-corrected chi connectivity index (χ3v) is 2.34. The Hall–Kier alpha value is -0.0400. The molecule has 0 aromatic rings. The molecule has 1 heteroatoms. The highest BCUT2D eigenvalue weighted by Gasteiger charge is 2.02. The average molecular weight is 185 g/mol. The van der Waals surface area contributed by atoms with Gasteiger partial charge in [-0.05, 0) is 51.2 Å². The molecule has 0 amide bonds. The summed E-state index contributed by atoms with van der Waals surface area (Å²) in [4.78, 5) is 2.60. The van der Waals surface area contributed by atoms with Crippen molar-refractivity contribution in [1.82, 2.24) is 4.90 Å². The van der Waals surface area contributed by atoms with Gasteiger partial charge in [0.05, 0.1) is 0 Å². The van der Waals surface area contributed by atoms with Crippen LogP contribution in [0.25, 0.3) is 0 Å². The Kier molecular flexibility index (Phi) is 8.53. The molecule has 0 saturated carbocycles. The van der Waals surface area contributed by atoms with Gasteiger partial charge in [-0.2, -0.15) is 0 Å². The van der Waals surface area contributed by atoms with Gasteiger partial charge >= 0.3 is 0 Å². The fraction of sp³-hybridized carbons (Fsp3) is 1.00. The zero-order valence-electron chi connectivity index (χ0n) is 9.97. The SMILES string of the molecule is CCCN(CCC)CCCC(C)C. The van der Waals surface area contributed by atoms with Gasteiger partial charge in [0.2, 0.25) is 0 Å². The second-order valence-electron chi connectivity index (χ2n) is 4.38. The zero-order chi connectivity index (χ0) is 10.1. The molecule has 0 fully saturated rings. The van der Waals surface area contributed by atoms with Crippen molar-refractivity contribution in [2.45, 2.75) is 53.4 Å². The first-order chi connectivity index (χ1) is 6.20. The van der Waals surface area contributed by atoms with Gasteiger partial charge in [-0.25, -0.2) is 0 Å². The first-order valence-electron chi connectivity index (χ1n) is 5.93. The summed E-state index contributed by atoms with van der Waals surface area (Å²) >= 11 is 0. The maximum Gasteiger partial charge on any atom is -0.00186 e. The van der Waals surface area contributed by atoms with E-state index < -0.39 is 0 Å². The molecule has 0 aliphatic rings. The summed E-state index contributed by atoms with van der Waals surface area (Å²) in [6.45, 7) is 13.0. The van der Waals surface area contributed by atoms with E-state index in [1.807, 2.05) is 0 Å². The van der Waals surface area contributed by atoms with E-state index in [2.05, 4.69) is 32.6 Å². The Bertz CT molecular complexity index is 93.3. The van der Waals surface area contributed by atoms with Gasteiger partial charge in [-0.3, -0.25) is 0 Å². The van der Waals surface area contributed by atoms with Crippen molar-refractivity contribution >= 4 is 0 Å². The van der Waals surface area contributed by atoms with Gasteiger partial charge < -0.3 is 4.90 Å². The number of hydrogen-bond acceptors (Lipinski definition) is 1. The molecule has 0 aliphatic heterocycles. The first-order valence-corrected chi connectivity index (χ1v) is 5.93. The van der Waals surface area contributed by atoms with E-state index in [-0.39, 0.29) is 0 Å². The fourth-order valence-electron chi connectivity index (χ4n) is 1.69. The molecule has 1 nitrogen and oxygen atoms in total. The van der Waals surface area contributed by atoms with Crippen LogP contribution in [0.15, 0.2) is 0 Å². The standard InChI is InChI=1S/C12H27N/c1-5-9-13(10-6-2)11-7-8-12(3)4/h12H,5-11H2,1-4H3. The summed E-state index contributed by atoms with van der Waals surface area (Å²) in [6.07, 6.45) is 5.34. The molecule has 0 rings (SSSR count). The molecular formula is C12H27N. The molecular weight excluding hydrogens is 158 g/mol. The number of nitrogens with zero attached hydrogens (tertiary/aromatic N) is 1. The minimum absolute atomic E-state index is 0.866. The van der Waals surface area contributed by atoms with Crippen molar-refractivity contribution in [2.24, 2.45) is 5.92 Å². The molecule has 0 N–H and O–H groups in total. The Labute approximate surface area is 84.5 Å². The van der Waals surface area contributed by atoms with Crippen LogP contribution in [-0.4, -0.2) is 24.5 Å². The Morgan fingerprint density at radius 1 is 0.923 bits per heavy atom. The monoisotopic (exact) mass is 185 g/mol. The molecule has 80 valence electrons. The van der Waals surface area contributed by atoms with E-state index in [1.165, 1.54) is 45.3 Å². The van der Waals surface area contributed by atoms with E-state index in [1.54, 1.807) is 0 Å². The van der Waals surface area contributed by atoms with Gasteiger partial charge in [0, 0.05) is 0 Å². The molecule has 0 spiro atoms. The van der Waals surface area contributed by atoms with E-state index in [0.717, 1.165) is 5.92 Å². The normalized spacial score (nSPS) is 11.5. The van der Waals surface area contributed by atoms with Crippen molar-refractivity contribution in [3.8, 4) is 0 Å². The minimum atomic E-state index is 0.866. The van der Waals surface area contributed by atoms with E-state index >= 15 is 0 Å². The second-order valence-corrected chi connectivity index (χ2v) is 4.38. The fourth-order valence-corrected chi connectivity index (χ4v) is 1.69. The molecule has 0 aromatic carbocycles. The van der Waals surface area contributed by atoms with Gasteiger partial charge in [0.25, 0.3) is 0 Å². The molecule has 0 bridgehead atoms. The lowest BCUT2D eigenvalue weighted by Gasteiger charge is -2.21. The van der Waals surface area contributed by atoms with Crippen LogP contribution in [0.1, 0.15) is 53.4 Å². The predicted molar refractivity (Wildman–Crippen MR) is 61.1 cm³/mol. The first kappa shape index (κ1) is 13.0. The molecule has 0 radical (unpaired) electrons. The van der Waals surface area contributed by atoms with Crippen molar-refractivity contribution in [2.75, 3.05) is 19.6 Å². The van der Waals surface area contributed by atoms with E-state index in [9.17, 15) is 0 Å². The quantitative estimate of drug-likeness (QED) is 0.559. The average Bonchev–Trinajstić information content (AvgIpc) is 2.04. The van der Waals surface area contributed by atoms with Crippen molar-refractivity contribution in [3.63, 3.8) is 0 Å². The van der Waals surface area contributed by atoms with Crippen LogP contribution in [0.5, 0.6) is 0 Å². The molecule has 13 heavy (non-hydrogen) atoms. The third-order valence-electron chi connectivity index (χ3n) is 2.34. The number of hydrogen-bond donors (Lipinski definition) is 0. The van der Waals surface area contributed by atoms with Gasteiger partial charge in [-0.15, -0.1) is 0 Å². The lowest BCUT2D eigenvalue weighted by Crippen LogP contribution is -2.26. The summed E-state index contributed by atoms with van der Waals surface area (Å²) < 4.78 is 0. The van der Waals surface area contributed by atoms with Crippen LogP contribution in [0, 0.1) is 5.92 Å². The summed E-state index contributed by atoms with van der Waals surface area (Å²) in [7, 11) is 0. The van der Waals surface area contributed by atoms with Crippen LogP contribution in [0.2, 0.25) is 0 Å². The van der Waals surface area contributed by atoms with Gasteiger partial charge in [-0.1, -0.05) is 27.7 Å². The summed E-state index contributed by atoms with van der Waals surface area (Å²) in [6, 6.07) is 0.